The van der Waals surface area contributed by atoms with Gasteiger partial charge in [0, 0.05) is 12.1 Å². The maximum atomic E-state index is 11.7. The van der Waals surface area contributed by atoms with Crippen molar-refractivity contribution in [1.82, 2.24) is 15.2 Å². The van der Waals surface area contributed by atoms with E-state index in [4.69, 9.17) is 22.1 Å². The number of carbonyl (C=O) groups is 1. The molecule has 2 rings (SSSR count). The van der Waals surface area contributed by atoms with Crippen LogP contribution in [0.25, 0.3) is 0 Å². The number of ether oxygens (including phenoxy) is 1. The minimum absolute atomic E-state index is 0.295. The third-order valence-electron chi connectivity index (χ3n) is 2.62. The molecule has 0 bridgehead atoms. The highest BCUT2D eigenvalue weighted by Gasteiger charge is 2.16. The van der Waals surface area contributed by atoms with Gasteiger partial charge in [-0.05, 0) is 30.8 Å². The lowest BCUT2D eigenvalue weighted by atomic mass is 10.2. The number of carbonyl (C=O) groups excluding carboxylic acids is 1. The zero-order valence-corrected chi connectivity index (χ0v) is 13.2. The Balaban J connectivity index is 2.26. The highest BCUT2D eigenvalue weighted by molar-refractivity contribution is 7.99. The predicted molar refractivity (Wildman–Crippen MR) is 81.7 cm³/mol. The van der Waals surface area contributed by atoms with Crippen molar-refractivity contribution < 1.29 is 9.53 Å². The maximum absolute atomic E-state index is 11.7. The topological polar surface area (TPSA) is 93.9 Å². The van der Waals surface area contributed by atoms with Crippen LogP contribution in [0.3, 0.4) is 0 Å². The molecule has 3 N–H and O–H groups in total. The molecule has 0 aliphatic rings. The van der Waals surface area contributed by atoms with E-state index >= 15 is 0 Å². The summed E-state index contributed by atoms with van der Waals surface area (Å²) in [6.45, 7) is 4.01. The number of nitrogens with one attached hydrogen (secondary N) is 1. The van der Waals surface area contributed by atoms with E-state index < -0.39 is 5.97 Å². The Kier molecular flexibility index (Phi) is 5.08. The molecule has 1 heterocycles. The lowest BCUT2D eigenvalue weighted by Gasteiger charge is -2.08. The van der Waals surface area contributed by atoms with Gasteiger partial charge in [-0.1, -0.05) is 18.5 Å². The van der Waals surface area contributed by atoms with E-state index in [1.165, 1.54) is 17.8 Å². The van der Waals surface area contributed by atoms with E-state index in [9.17, 15) is 4.79 Å². The number of nitrogens with two attached hydrogens (primary N) is 1. The van der Waals surface area contributed by atoms with E-state index in [1.54, 1.807) is 13.0 Å². The molecule has 0 saturated carbocycles. The van der Waals surface area contributed by atoms with Crippen LogP contribution in [0.4, 0.5) is 5.69 Å². The Bertz CT molecular complexity index is 636. The summed E-state index contributed by atoms with van der Waals surface area (Å²) >= 11 is 7.44. The molecule has 0 amide bonds. The van der Waals surface area contributed by atoms with Gasteiger partial charge in [-0.25, -0.2) is 9.78 Å². The molecule has 1 aromatic heterocycles. The molecule has 112 valence electrons. The van der Waals surface area contributed by atoms with Crippen LogP contribution < -0.4 is 5.73 Å². The summed E-state index contributed by atoms with van der Waals surface area (Å²) in [6, 6.07) is 3.07. The van der Waals surface area contributed by atoms with Crippen molar-refractivity contribution >= 4 is 35.0 Å². The van der Waals surface area contributed by atoms with Crippen LogP contribution >= 0.6 is 23.4 Å². The molecule has 2 aromatic rings. The van der Waals surface area contributed by atoms with Gasteiger partial charge in [0.25, 0.3) is 0 Å². The number of benzene rings is 1. The third-order valence-corrected chi connectivity index (χ3v) is 4.06. The van der Waals surface area contributed by atoms with Gasteiger partial charge in [0.1, 0.15) is 5.82 Å². The Labute approximate surface area is 131 Å². The number of H-pyrrole nitrogens is 1. The Hall–Kier alpha value is -1.73. The first-order valence-corrected chi connectivity index (χ1v) is 7.59. The minimum Gasteiger partial charge on any atom is -0.462 e. The fourth-order valence-electron chi connectivity index (χ4n) is 1.63. The van der Waals surface area contributed by atoms with E-state index in [1.807, 2.05) is 6.92 Å². The number of anilines is 1. The quantitative estimate of drug-likeness (QED) is 0.648. The summed E-state index contributed by atoms with van der Waals surface area (Å²) in [5.74, 6) is 0.337. The minimum atomic E-state index is -0.450. The molecule has 0 atom stereocenters. The third kappa shape index (κ3) is 3.68. The number of aromatic nitrogens is 3. The van der Waals surface area contributed by atoms with Gasteiger partial charge >= 0.3 is 5.97 Å². The largest absolute Gasteiger partial charge is 0.462 e. The fourth-order valence-corrected chi connectivity index (χ4v) is 2.73. The van der Waals surface area contributed by atoms with Gasteiger partial charge in [-0.3, -0.25) is 5.10 Å². The number of nitrogens with zero attached hydrogens (tertiary/aromatic N) is 2. The first-order chi connectivity index (χ1) is 10.0. The predicted octanol–water partition coefficient (Wildman–Crippen LogP) is 2.93. The van der Waals surface area contributed by atoms with Gasteiger partial charge in [-0.2, -0.15) is 0 Å². The summed E-state index contributed by atoms with van der Waals surface area (Å²) in [5, 5.41) is 7.79. The molecule has 21 heavy (non-hydrogen) atoms. The second-order valence-corrected chi connectivity index (χ2v) is 5.50. The van der Waals surface area contributed by atoms with Gasteiger partial charge in [0.15, 0.2) is 0 Å². The lowest BCUT2D eigenvalue weighted by Crippen LogP contribution is -2.06. The number of aromatic amines is 1. The average Bonchev–Trinajstić information content (AvgIpc) is 2.90. The molecule has 0 spiro atoms. The summed E-state index contributed by atoms with van der Waals surface area (Å²) in [6.07, 6.45) is 0.762. The first kappa shape index (κ1) is 15.7. The summed E-state index contributed by atoms with van der Waals surface area (Å²) in [5.41, 5.74) is 6.68. The maximum Gasteiger partial charge on any atom is 0.338 e. The van der Waals surface area contributed by atoms with Gasteiger partial charge in [0.2, 0.25) is 5.16 Å². The van der Waals surface area contributed by atoms with Gasteiger partial charge in [0.05, 0.1) is 22.1 Å². The van der Waals surface area contributed by atoms with Crippen molar-refractivity contribution in [2.24, 2.45) is 0 Å². The Morgan fingerprint density at radius 3 is 2.81 bits per heavy atom. The zero-order valence-electron chi connectivity index (χ0n) is 11.6. The highest BCUT2D eigenvalue weighted by Crippen LogP contribution is 2.37. The van der Waals surface area contributed by atoms with Crippen LogP contribution in [0.1, 0.15) is 30.0 Å². The molecule has 0 aliphatic heterocycles. The van der Waals surface area contributed by atoms with Crippen LogP contribution in [0.5, 0.6) is 0 Å². The summed E-state index contributed by atoms with van der Waals surface area (Å²) in [4.78, 5) is 16.6. The molecule has 0 fully saturated rings. The molecule has 0 unspecified atom stereocenters. The van der Waals surface area contributed by atoms with Crippen LogP contribution in [-0.2, 0) is 11.2 Å². The van der Waals surface area contributed by atoms with Crippen molar-refractivity contribution in [3.05, 3.63) is 28.5 Å². The standard InChI is InChI=1S/C13H15ClN4O2S/c1-3-10-16-13(18-17-10)21-11-8(14)5-7(6-9(11)15)12(19)20-4-2/h5-6H,3-4,15H2,1-2H3,(H,16,17,18). The summed E-state index contributed by atoms with van der Waals surface area (Å²) < 4.78 is 4.92. The monoisotopic (exact) mass is 326 g/mol. The number of esters is 1. The fraction of sp³-hybridized carbons (Fsp3) is 0.308. The van der Waals surface area contributed by atoms with Crippen molar-refractivity contribution in [2.45, 2.75) is 30.3 Å². The normalized spacial score (nSPS) is 10.6. The Morgan fingerprint density at radius 2 is 2.24 bits per heavy atom. The number of aryl methyl sites for hydroxylation is 1. The second kappa shape index (κ2) is 6.82. The van der Waals surface area contributed by atoms with Crippen LogP contribution in [0.15, 0.2) is 22.2 Å². The molecule has 0 radical (unpaired) electrons. The lowest BCUT2D eigenvalue weighted by molar-refractivity contribution is 0.0526. The van der Waals surface area contributed by atoms with Crippen molar-refractivity contribution in [3.63, 3.8) is 0 Å². The molecule has 8 heteroatoms. The van der Waals surface area contributed by atoms with Crippen molar-refractivity contribution in [1.29, 1.82) is 0 Å². The van der Waals surface area contributed by atoms with Crippen LogP contribution in [0, 0.1) is 0 Å². The van der Waals surface area contributed by atoms with Crippen LogP contribution in [-0.4, -0.2) is 27.8 Å². The van der Waals surface area contributed by atoms with E-state index in [0.717, 1.165) is 12.2 Å². The van der Waals surface area contributed by atoms with E-state index in [0.29, 0.717) is 32.9 Å². The van der Waals surface area contributed by atoms with Crippen molar-refractivity contribution in [2.75, 3.05) is 12.3 Å². The second-order valence-electron chi connectivity index (χ2n) is 4.12. The highest BCUT2D eigenvalue weighted by atomic mass is 35.5. The molecule has 0 aliphatic carbocycles. The van der Waals surface area contributed by atoms with Crippen LogP contribution in [0.2, 0.25) is 5.02 Å². The zero-order chi connectivity index (χ0) is 15.4. The number of nitrogen functional groups attached to an aromatic ring is 1. The van der Waals surface area contributed by atoms with Gasteiger partial charge in [-0.15, -0.1) is 5.10 Å². The number of rotatable bonds is 5. The first-order valence-electron chi connectivity index (χ1n) is 6.40. The Morgan fingerprint density at radius 1 is 1.48 bits per heavy atom. The smallest absolute Gasteiger partial charge is 0.338 e. The average molecular weight is 327 g/mol. The number of hydrogen-bond acceptors (Lipinski definition) is 6. The van der Waals surface area contributed by atoms with Gasteiger partial charge < -0.3 is 10.5 Å². The number of halogens is 1. The van der Waals surface area contributed by atoms with E-state index in [2.05, 4.69) is 15.2 Å². The SMILES string of the molecule is CCOC(=O)c1cc(N)c(Sc2n[nH]c(CC)n2)c(Cl)c1. The molecule has 0 saturated heterocycles. The molecule has 1 aromatic carbocycles. The molecular weight excluding hydrogens is 312 g/mol. The van der Waals surface area contributed by atoms with Crippen molar-refractivity contribution in [3.8, 4) is 0 Å². The molecule has 6 nitrogen and oxygen atoms in total. The summed E-state index contributed by atoms with van der Waals surface area (Å²) in [7, 11) is 0. The molecular formula is C13H15ClN4O2S. The van der Waals surface area contributed by atoms with E-state index in [-0.39, 0.29) is 0 Å². The number of hydrogen-bond donors (Lipinski definition) is 2.